The van der Waals surface area contributed by atoms with Gasteiger partial charge >= 0.3 is 18.2 Å². The number of benzene rings is 1. The molecule has 1 fully saturated rings. The van der Waals surface area contributed by atoms with Crippen LogP contribution in [0.5, 0.6) is 0 Å². The van der Waals surface area contributed by atoms with Gasteiger partial charge in [0.05, 0.1) is 12.2 Å². The van der Waals surface area contributed by atoms with Crippen molar-refractivity contribution >= 4 is 42.4 Å². The zero-order valence-electron chi connectivity index (χ0n) is 19.7. The molecule has 0 bridgehead atoms. The van der Waals surface area contributed by atoms with Crippen molar-refractivity contribution in [2.75, 3.05) is 22.3 Å². The van der Waals surface area contributed by atoms with Gasteiger partial charge in [-0.25, -0.2) is 23.6 Å². The normalized spacial score (nSPS) is 14.2. The van der Waals surface area contributed by atoms with Crippen molar-refractivity contribution in [3.8, 4) is 0 Å². The highest BCUT2D eigenvalue weighted by atomic mass is 32.1. The number of carbonyl (C=O) groups excluding carboxylic acids is 3. The zero-order valence-corrected chi connectivity index (χ0v) is 20.6. The number of thiol groups is 1. The van der Waals surface area contributed by atoms with Gasteiger partial charge in [-0.3, -0.25) is 0 Å². The van der Waals surface area contributed by atoms with E-state index in [0.29, 0.717) is 11.3 Å². The number of nitrogens with zero attached hydrogens (tertiary/aromatic N) is 3. The first-order valence-corrected chi connectivity index (χ1v) is 11.0. The number of carbonyl (C=O) groups is 3. The van der Waals surface area contributed by atoms with Crippen LogP contribution in [0.3, 0.4) is 0 Å². The topological polar surface area (TPSA) is 105 Å². The molecule has 0 aliphatic carbocycles. The molecule has 4 amide bonds. The van der Waals surface area contributed by atoms with Crippen LogP contribution in [0.15, 0.2) is 18.2 Å². The number of anilines is 2. The number of hydrogen-bond acceptors (Lipinski definition) is 7. The van der Waals surface area contributed by atoms with E-state index < -0.39 is 29.4 Å². The lowest BCUT2D eigenvalue weighted by Crippen LogP contribution is -2.43. The molecule has 0 saturated carbocycles. The number of nitrogens with two attached hydrogens (primary N) is 1. The largest absolute Gasteiger partial charge is 0.443 e. The summed E-state index contributed by atoms with van der Waals surface area (Å²) in [4.78, 5) is 40.6. The molecule has 10 heteroatoms. The summed E-state index contributed by atoms with van der Waals surface area (Å²) in [6.07, 6.45) is 0.454. The Morgan fingerprint density at radius 2 is 1.50 bits per heavy atom. The molecule has 1 aromatic carbocycles. The van der Waals surface area contributed by atoms with E-state index >= 15 is 0 Å². The lowest BCUT2D eigenvalue weighted by Gasteiger charge is -2.30. The molecule has 2 N–H and O–H groups in total. The molecule has 0 aromatic heterocycles. The van der Waals surface area contributed by atoms with Gasteiger partial charge in [-0.05, 0) is 78.1 Å². The lowest BCUT2D eigenvalue weighted by molar-refractivity contribution is -0.000225. The van der Waals surface area contributed by atoms with Gasteiger partial charge in [0.1, 0.15) is 11.2 Å². The molecule has 9 nitrogen and oxygen atoms in total. The monoisotopic (exact) mass is 466 g/mol. The van der Waals surface area contributed by atoms with E-state index in [-0.39, 0.29) is 6.54 Å². The van der Waals surface area contributed by atoms with Crippen molar-refractivity contribution in [1.82, 2.24) is 4.90 Å². The Morgan fingerprint density at radius 3 is 1.94 bits per heavy atom. The maximum atomic E-state index is 12.9. The smallest absolute Gasteiger partial charge is 0.420 e. The van der Waals surface area contributed by atoms with E-state index in [4.69, 9.17) is 15.2 Å². The first kappa shape index (κ1) is 25.6. The molecule has 1 aromatic rings. The fourth-order valence-corrected chi connectivity index (χ4v) is 3.36. The lowest BCUT2D eigenvalue weighted by atomic mass is 10.1. The summed E-state index contributed by atoms with van der Waals surface area (Å²) in [7, 11) is 0. The van der Waals surface area contributed by atoms with Crippen LogP contribution >= 0.6 is 12.8 Å². The molecule has 1 saturated heterocycles. The molecule has 0 spiro atoms. The standard InChI is InChI=1S/C22H34N4O5S/c1-21(2,3)30-19(28)25(20(29)31-22(4,5)6)14-15-13-16(26(32)18(23)27)9-10-17(15)24-11-7-8-12-24/h9-10,13,32H,7-8,11-12,14H2,1-6H3,(H2,23,27). The van der Waals surface area contributed by atoms with Gasteiger partial charge in [-0.2, -0.15) is 0 Å². The minimum atomic E-state index is -0.817. The predicted molar refractivity (Wildman–Crippen MR) is 127 cm³/mol. The summed E-state index contributed by atoms with van der Waals surface area (Å²) in [5.41, 5.74) is 5.67. The van der Waals surface area contributed by atoms with Gasteiger partial charge in [0, 0.05) is 18.8 Å². The minimum Gasteiger partial charge on any atom is -0.443 e. The predicted octanol–water partition coefficient (Wildman–Crippen LogP) is 4.69. The maximum Gasteiger partial charge on any atom is 0.420 e. The Labute approximate surface area is 195 Å². The summed E-state index contributed by atoms with van der Waals surface area (Å²) >= 11 is 4.14. The Balaban J connectivity index is 2.48. The zero-order chi connectivity index (χ0) is 24.3. The fraction of sp³-hybridized carbons (Fsp3) is 0.591. The van der Waals surface area contributed by atoms with Crippen LogP contribution in [-0.4, -0.2) is 47.4 Å². The Bertz CT molecular complexity index is 829. The van der Waals surface area contributed by atoms with Crippen molar-refractivity contribution < 1.29 is 23.9 Å². The first-order valence-electron chi connectivity index (χ1n) is 10.6. The molecular formula is C22H34N4O5S. The molecule has 1 aliphatic heterocycles. The Morgan fingerprint density at radius 1 is 1.00 bits per heavy atom. The molecule has 32 heavy (non-hydrogen) atoms. The second-order valence-corrected chi connectivity index (χ2v) is 10.1. The molecule has 0 unspecified atom stereocenters. The number of hydrogen-bond donors (Lipinski definition) is 2. The van der Waals surface area contributed by atoms with Crippen LogP contribution in [0, 0.1) is 0 Å². The van der Waals surface area contributed by atoms with Crippen LogP contribution in [0.2, 0.25) is 0 Å². The van der Waals surface area contributed by atoms with Gasteiger partial charge in [0.25, 0.3) is 0 Å². The molecular weight excluding hydrogens is 432 g/mol. The number of urea groups is 1. The highest BCUT2D eigenvalue weighted by Crippen LogP contribution is 2.31. The highest BCUT2D eigenvalue weighted by molar-refractivity contribution is 7.82. The van der Waals surface area contributed by atoms with Crippen LogP contribution < -0.4 is 14.9 Å². The SMILES string of the molecule is CC(C)(C)OC(=O)N(Cc1cc(N(S)C(N)=O)ccc1N1CCCC1)C(=O)OC(C)(C)C. The Hall–Kier alpha value is -2.62. The second kappa shape index (κ2) is 9.89. The number of primary amides is 1. The van der Waals surface area contributed by atoms with E-state index in [9.17, 15) is 14.4 Å². The molecule has 1 aliphatic rings. The van der Waals surface area contributed by atoms with Crippen molar-refractivity contribution in [1.29, 1.82) is 0 Å². The molecule has 2 rings (SSSR count). The average molecular weight is 467 g/mol. The first-order chi connectivity index (χ1) is 14.7. The van der Waals surface area contributed by atoms with E-state index in [1.54, 1.807) is 53.7 Å². The van der Waals surface area contributed by atoms with Gasteiger partial charge in [-0.1, -0.05) is 12.8 Å². The number of amides is 4. The fourth-order valence-electron chi connectivity index (χ4n) is 3.23. The summed E-state index contributed by atoms with van der Waals surface area (Å²) in [6, 6.07) is 4.50. The average Bonchev–Trinajstić information content (AvgIpc) is 3.16. The van der Waals surface area contributed by atoms with Crippen molar-refractivity contribution in [2.24, 2.45) is 5.73 Å². The van der Waals surface area contributed by atoms with Crippen LogP contribution in [0.1, 0.15) is 59.9 Å². The van der Waals surface area contributed by atoms with Crippen molar-refractivity contribution in [3.63, 3.8) is 0 Å². The van der Waals surface area contributed by atoms with Crippen LogP contribution in [-0.2, 0) is 16.0 Å². The van der Waals surface area contributed by atoms with Crippen molar-refractivity contribution in [2.45, 2.75) is 72.1 Å². The summed E-state index contributed by atoms with van der Waals surface area (Å²) in [5, 5.41) is 0. The third-order valence-corrected chi connectivity index (χ3v) is 4.95. The van der Waals surface area contributed by atoms with Gasteiger partial charge in [0.15, 0.2) is 0 Å². The number of ether oxygens (including phenoxy) is 2. The minimum absolute atomic E-state index is 0.107. The quantitative estimate of drug-likeness (QED) is 0.624. The molecule has 1 heterocycles. The third-order valence-electron chi connectivity index (χ3n) is 4.52. The number of imide groups is 1. The van der Waals surface area contributed by atoms with Crippen LogP contribution in [0.4, 0.5) is 25.8 Å². The highest BCUT2D eigenvalue weighted by Gasteiger charge is 2.32. The third kappa shape index (κ3) is 7.22. The molecule has 0 atom stereocenters. The molecule has 0 radical (unpaired) electrons. The van der Waals surface area contributed by atoms with E-state index in [0.717, 1.165) is 40.8 Å². The van der Waals surface area contributed by atoms with Gasteiger partial charge in [0.2, 0.25) is 0 Å². The summed E-state index contributed by atoms with van der Waals surface area (Å²) in [6.45, 7) is 11.9. The van der Waals surface area contributed by atoms with E-state index in [1.165, 1.54) is 0 Å². The summed E-state index contributed by atoms with van der Waals surface area (Å²) in [5.74, 6) is 0. The van der Waals surface area contributed by atoms with Gasteiger partial charge in [-0.15, -0.1) is 0 Å². The maximum absolute atomic E-state index is 12.9. The van der Waals surface area contributed by atoms with E-state index in [1.807, 2.05) is 6.07 Å². The van der Waals surface area contributed by atoms with Crippen LogP contribution in [0.25, 0.3) is 0 Å². The summed E-state index contributed by atoms with van der Waals surface area (Å²) < 4.78 is 11.9. The Kier molecular flexibility index (Phi) is 7.92. The second-order valence-electron chi connectivity index (χ2n) is 9.70. The van der Waals surface area contributed by atoms with Crippen molar-refractivity contribution in [3.05, 3.63) is 23.8 Å². The number of rotatable bonds is 4. The molecule has 178 valence electrons. The van der Waals surface area contributed by atoms with Gasteiger partial charge < -0.3 is 20.1 Å². The van der Waals surface area contributed by atoms with E-state index in [2.05, 4.69) is 17.7 Å².